The molecule has 5 nitrogen and oxygen atoms in total. The molecule has 0 saturated heterocycles. The fourth-order valence-electron chi connectivity index (χ4n) is 2.52. The van der Waals surface area contributed by atoms with Crippen molar-refractivity contribution in [3.8, 4) is 5.75 Å². The number of carbonyl (C=O) groups is 2. The van der Waals surface area contributed by atoms with Gasteiger partial charge in [-0.15, -0.1) is 0 Å². The summed E-state index contributed by atoms with van der Waals surface area (Å²) in [6.07, 6.45) is 0. The molecule has 0 aliphatic carbocycles. The zero-order valence-corrected chi connectivity index (χ0v) is 14.8. The van der Waals surface area contributed by atoms with Crippen LogP contribution in [0.15, 0.2) is 48.5 Å². The highest BCUT2D eigenvalue weighted by Crippen LogP contribution is 2.23. The van der Waals surface area contributed by atoms with Crippen molar-refractivity contribution in [1.82, 2.24) is 10.6 Å². The number of nitrogens with one attached hydrogen (secondary N) is 2. The monoisotopic (exact) mass is 340 g/mol. The summed E-state index contributed by atoms with van der Waals surface area (Å²) < 4.78 is 5.66. The van der Waals surface area contributed by atoms with Crippen LogP contribution in [0.5, 0.6) is 5.75 Å². The minimum absolute atomic E-state index is 0.114. The number of benzene rings is 2. The molecule has 1 atom stereocenters. The summed E-state index contributed by atoms with van der Waals surface area (Å²) in [5.74, 6) is -0.00307. The van der Waals surface area contributed by atoms with Crippen LogP contribution < -0.4 is 15.4 Å². The maximum Gasteiger partial charge on any atom is 0.258 e. The number of hydrogen-bond acceptors (Lipinski definition) is 3. The second kappa shape index (κ2) is 8.87. The summed E-state index contributed by atoms with van der Waals surface area (Å²) in [4.78, 5) is 24.3. The lowest BCUT2D eigenvalue weighted by Crippen LogP contribution is -2.32. The van der Waals surface area contributed by atoms with Gasteiger partial charge in [0.05, 0.1) is 11.6 Å². The highest BCUT2D eigenvalue weighted by Gasteiger charge is 2.16. The third-order valence-electron chi connectivity index (χ3n) is 3.82. The van der Waals surface area contributed by atoms with E-state index in [2.05, 4.69) is 10.6 Å². The van der Waals surface area contributed by atoms with E-state index >= 15 is 0 Å². The Bertz CT molecular complexity index is 729. The van der Waals surface area contributed by atoms with E-state index in [-0.39, 0.29) is 24.5 Å². The van der Waals surface area contributed by atoms with Crippen LogP contribution in [0.1, 0.15) is 41.4 Å². The van der Waals surface area contributed by atoms with Crippen LogP contribution in [0.25, 0.3) is 0 Å². The Balaban J connectivity index is 2.01. The molecule has 0 radical (unpaired) electrons. The molecule has 2 N–H and O–H groups in total. The largest absolute Gasteiger partial charge is 0.483 e. The maximum absolute atomic E-state index is 12.2. The molecular formula is C20H24N2O3. The van der Waals surface area contributed by atoms with Crippen LogP contribution in [0.3, 0.4) is 0 Å². The molecule has 0 spiro atoms. The minimum Gasteiger partial charge on any atom is -0.483 e. The first-order valence-corrected chi connectivity index (χ1v) is 8.37. The van der Waals surface area contributed by atoms with E-state index < -0.39 is 0 Å². The Morgan fingerprint density at radius 2 is 1.80 bits per heavy atom. The van der Waals surface area contributed by atoms with Crippen molar-refractivity contribution in [2.24, 2.45) is 0 Å². The fraction of sp³-hybridized carbons (Fsp3) is 0.300. The number of para-hydroxylation sites is 1. The second-order valence-corrected chi connectivity index (χ2v) is 5.80. The Labute approximate surface area is 148 Å². The number of aryl methyl sites for hydroxylation is 1. The molecule has 0 heterocycles. The lowest BCUT2D eigenvalue weighted by Gasteiger charge is -2.16. The molecule has 2 aromatic rings. The summed E-state index contributed by atoms with van der Waals surface area (Å²) >= 11 is 0. The molecule has 0 aliphatic rings. The number of amides is 2. The van der Waals surface area contributed by atoms with Gasteiger partial charge < -0.3 is 15.4 Å². The fourth-order valence-corrected chi connectivity index (χ4v) is 2.52. The predicted molar refractivity (Wildman–Crippen MR) is 97.7 cm³/mol. The summed E-state index contributed by atoms with van der Waals surface area (Å²) in [6.45, 7) is 6.01. The van der Waals surface area contributed by atoms with Crippen molar-refractivity contribution in [3.05, 3.63) is 65.2 Å². The van der Waals surface area contributed by atoms with Gasteiger partial charge in [-0.2, -0.15) is 0 Å². The van der Waals surface area contributed by atoms with E-state index in [1.54, 1.807) is 12.1 Å². The van der Waals surface area contributed by atoms with Gasteiger partial charge in [0.25, 0.3) is 11.8 Å². The summed E-state index contributed by atoms with van der Waals surface area (Å²) in [6, 6.07) is 14.9. The zero-order valence-electron chi connectivity index (χ0n) is 14.8. The lowest BCUT2D eigenvalue weighted by molar-refractivity contribution is -0.123. The van der Waals surface area contributed by atoms with E-state index in [0.29, 0.717) is 17.9 Å². The molecule has 1 unspecified atom stereocenters. The zero-order chi connectivity index (χ0) is 18.2. The third-order valence-corrected chi connectivity index (χ3v) is 3.82. The van der Waals surface area contributed by atoms with Crippen molar-refractivity contribution in [2.75, 3.05) is 13.2 Å². The van der Waals surface area contributed by atoms with Crippen LogP contribution in [0, 0.1) is 6.92 Å². The topological polar surface area (TPSA) is 67.4 Å². The Morgan fingerprint density at radius 1 is 1.08 bits per heavy atom. The average molecular weight is 340 g/mol. The summed E-state index contributed by atoms with van der Waals surface area (Å²) in [7, 11) is 0. The van der Waals surface area contributed by atoms with E-state index in [1.807, 2.05) is 57.2 Å². The first-order valence-electron chi connectivity index (χ1n) is 8.37. The number of hydrogen-bond donors (Lipinski definition) is 2. The molecule has 0 saturated carbocycles. The molecule has 5 heteroatoms. The van der Waals surface area contributed by atoms with Gasteiger partial charge in [-0.25, -0.2) is 0 Å². The normalized spacial score (nSPS) is 11.5. The Morgan fingerprint density at radius 3 is 2.48 bits per heavy atom. The van der Waals surface area contributed by atoms with Gasteiger partial charge in [-0.3, -0.25) is 9.59 Å². The van der Waals surface area contributed by atoms with Crippen molar-refractivity contribution < 1.29 is 14.3 Å². The molecular weight excluding hydrogens is 316 g/mol. The smallest absolute Gasteiger partial charge is 0.258 e. The van der Waals surface area contributed by atoms with Gasteiger partial charge >= 0.3 is 0 Å². The van der Waals surface area contributed by atoms with Gasteiger partial charge in [0.1, 0.15) is 5.75 Å². The Kier molecular flexibility index (Phi) is 6.57. The predicted octanol–water partition coefficient (Wildman–Crippen LogP) is 3.00. The molecule has 0 aliphatic heterocycles. The molecule has 0 bridgehead atoms. The van der Waals surface area contributed by atoms with E-state index in [1.165, 1.54) is 0 Å². The molecule has 0 fully saturated rings. The van der Waals surface area contributed by atoms with E-state index in [9.17, 15) is 9.59 Å². The quantitative estimate of drug-likeness (QED) is 0.814. The SMILES string of the molecule is CCNC(=O)c1cccc(C)c1OCC(=O)NC(C)c1ccccc1. The second-order valence-electron chi connectivity index (χ2n) is 5.80. The highest BCUT2D eigenvalue weighted by atomic mass is 16.5. The lowest BCUT2D eigenvalue weighted by atomic mass is 10.1. The highest BCUT2D eigenvalue weighted by molar-refractivity contribution is 5.97. The number of rotatable bonds is 7. The van der Waals surface area contributed by atoms with Crippen molar-refractivity contribution in [2.45, 2.75) is 26.8 Å². The maximum atomic E-state index is 12.2. The number of ether oxygens (including phenoxy) is 1. The minimum atomic E-state index is -0.235. The molecule has 25 heavy (non-hydrogen) atoms. The van der Waals surface area contributed by atoms with Crippen LogP contribution in [0.4, 0.5) is 0 Å². The van der Waals surface area contributed by atoms with Gasteiger partial charge in [-0.1, -0.05) is 42.5 Å². The van der Waals surface area contributed by atoms with Gasteiger partial charge in [0.15, 0.2) is 6.61 Å². The summed E-state index contributed by atoms with van der Waals surface area (Å²) in [5, 5.41) is 5.65. The first-order chi connectivity index (χ1) is 12.0. The van der Waals surface area contributed by atoms with Crippen molar-refractivity contribution in [1.29, 1.82) is 0 Å². The van der Waals surface area contributed by atoms with Crippen LogP contribution in [-0.4, -0.2) is 25.0 Å². The van der Waals surface area contributed by atoms with Crippen molar-refractivity contribution >= 4 is 11.8 Å². The number of carbonyl (C=O) groups excluding carboxylic acids is 2. The molecule has 0 aromatic heterocycles. The first kappa shape index (κ1) is 18.5. The van der Waals surface area contributed by atoms with Gasteiger partial charge in [0.2, 0.25) is 0 Å². The molecule has 132 valence electrons. The van der Waals surface area contributed by atoms with Crippen LogP contribution in [0.2, 0.25) is 0 Å². The molecule has 2 aromatic carbocycles. The van der Waals surface area contributed by atoms with Gasteiger partial charge in [0, 0.05) is 6.54 Å². The average Bonchev–Trinajstić information content (AvgIpc) is 2.61. The van der Waals surface area contributed by atoms with Gasteiger partial charge in [-0.05, 0) is 38.0 Å². The van der Waals surface area contributed by atoms with Crippen LogP contribution in [-0.2, 0) is 4.79 Å². The standard InChI is InChI=1S/C20H24N2O3/c1-4-21-20(24)17-12-8-9-14(2)19(17)25-13-18(23)22-15(3)16-10-6-5-7-11-16/h5-12,15H,4,13H2,1-3H3,(H,21,24)(H,22,23). The van der Waals surface area contributed by atoms with E-state index in [4.69, 9.17) is 4.74 Å². The van der Waals surface area contributed by atoms with Crippen LogP contribution >= 0.6 is 0 Å². The third kappa shape index (κ3) is 5.08. The molecule has 2 rings (SSSR count). The summed E-state index contributed by atoms with van der Waals surface area (Å²) in [5.41, 5.74) is 2.27. The molecule has 2 amide bonds. The van der Waals surface area contributed by atoms with E-state index in [0.717, 1.165) is 11.1 Å². The van der Waals surface area contributed by atoms with Crippen molar-refractivity contribution in [3.63, 3.8) is 0 Å². The Hall–Kier alpha value is -2.82.